The van der Waals surface area contributed by atoms with Crippen LogP contribution in [0.5, 0.6) is 0 Å². The second-order valence-electron chi connectivity index (χ2n) is 9.07. The van der Waals surface area contributed by atoms with E-state index < -0.39 is 0 Å². The molecular formula is C27H25N5O2. The van der Waals surface area contributed by atoms with Gasteiger partial charge in [-0.3, -0.25) is 9.69 Å². The molecule has 1 aliphatic carbocycles. The van der Waals surface area contributed by atoms with Crippen molar-refractivity contribution in [3.63, 3.8) is 0 Å². The Morgan fingerprint density at radius 1 is 1.09 bits per heavy atom. The Kier molecular flexibility index (Phi) is 4.99. The number of hydrogen-bond donors (Lipinski definition) is 1. The van der Waals surface area contributed by atoms with Crippen molar-refractivity contribution in [2.75, 3.05) is 4.90 Å². The number of rotatable bonds is 6. The van der Waals surface area contributed by atoms with Gasteiger partial charge in [-0.1, -0.05) is 36.4 Å². The van der Waals surface area contributed by atoms with Crippen LogP contribution in [0.2, 0.25) is 0 Å². The molecule has 0 radical (unpaired) electrons. The molecule has 170 valence electrons. The van der Waals surface area contributed by atoms with Crippen LogP contribution in [0.15, 0.2) is 60.8 Å². The standard InChI is InChI=1S/C27H25N5O2/c1-17-12-22(16-33)32(30-17)21-10-6-18(7-11-21)15-31-25(34)13-20-14-28-26(29-27(20)31)24-5-3-2-4-23(24)19-8-9-19/h2-7,10-12,14,19,33H,8-9,13,15-16H2,1H3. The molecule has 2 aromatic heterocycles. The predicted molar refractivity (Wildman–Crippen MR) is 129 cm³/mol. The van der Waals surface area contributed by atoms with E-state index in [1.807, 2.05) is 43.3 Å². The summed E-state index contributed by atoms with van der Waals surface area (Å²) < 4.78 is 1.74. The summed E-state index contributed by atoms with van der Waals surface area (Å²) in [7, 11) is 0. The van der Waals surface area contributed by atoms with E-state index in [1.165, 1.54) is 18.4 Å². The topological polar surface area (TPSA) is 84.1 Å². The minimum Gasteiger partial charge on any atom is -0.390 e. The molecule has 6 rings (SSSR count). The zero-order valence-electron chi connectivity index (χ0n) is 19.0. The zero-order valence-corrected chi connectivity index (χ0v) is 19.0. The first kappa shape index (κ1) is 20.7. The van der Waals surface area contributed by atoms with Crippen LogP contribution in [0.4, 0.5) is 5.82 Å². The molecule has 7 nitrogen and oxygen atoms in total. The Morgan fingerprint density at radius 3 is 2.65 bits per heavy atom. The highest BCUT2D eigenvalue weighted by Gasteiger charge is 2.31. The van der Waals surface area contributed by atoms with E-state index in [9.17, 15) is 9.90 Å². The van der Waals surface area contributed by atoms with Crippen molar-refractivity contribution in [3.05, 3.63) is 88.9 Å². The Bertz CT molecular complexity index is 1390. The largest absolute Gasteiger partial charge is 0.390 e. The van der Waals surface area contributed by atoms with Crippen molar-refractivity contribution in [1.82, 2.24) is 19.7 Å². The van der Waals surface area contributed by atoms with Gasteiger partial charge in [0.25, 0.3) is 0 Å². The molecule has 1 N–H and O–H groups in total. The van der Waals surface area contributed by atoms with Gasteiger partial charge < -0.3 is 5.11 Å². The maximum Gasteiger partial charge on any atom is 0.233 e. The van der Waals surface area contributed by atoms with Crippen molar-refractivity contribution in [3.8, 4) is 17.1 Å². The van der Waals surface area contributed by atoms with Crippen molar-refractivity contribution in [2.24, 2.45) is 0 Å². The number of aryl methyl sites for hydroxylation is 1. The Morgan fingerprint density at radius 2 is 1.88 bits per heavy atom. The van der Waals surface area contributed by atoms with Gasteiger partial charge in [-0.25, -0.2) is 14.6 Å². The van der Waals surface area contributed by atoms with Crippen molar-refractivity contribution < 1.29 is 9.90 Å². The van der Waals surface area contributed by atoms with E-state index >= 15 is 0 Å². The first-order valence-electron chi connectivity index (χ1n) is 11.6. The molecule has 0 spiro atoms. The lowest BCUT2D eigenvalue weighted by Gasteiger charge is -2.18. The van der Waals surface area contributed by atoms with E-state index in [-0.39, 0.29) is 12.5 Å². The maximum absolute atomic E-state index is 12.9. The quantitative estimate of drug-likeness (QED) is 0.477. The highest BCUT2D eigenvalue weighted by molar-refractivity contribution is 6.00. The molecule has 1 aliphatic heterocycles. The van der Waals surface area contributed by atoms with E-state index in [2.05, 4.69) is 28.3 Å². The summed E-state index contributed by atoms with van der Waals surface area (Å²) in [4.78, 5) is 24.1. The first-order chi connectivity index (χ1) is 16.6. The van der Waals surface area contributed by atoms with Crippen molar-refractivity contribution in [2.45, 2.75) is 45.3 Å². The second-order valence-corrected chi connectivity index (χ2v) is 9.07. The van der Waals surface area contributed by atoms with Crippen LogP contribution in [0, 0.1) is 6.92 Å². The van der Waals surface area contributed by atoms with Gasteiger partial charge in [0.1, 0.15) is 5.82 Å². The number of carbonyl (C=O) groups excluding carboxylic acids is 1. The molecule has 34 heavy (non-hydrogen) atoms. The number of amides is 1. The molecular weight excluding hydrogens is 426 g/mol. The monoisotopic (exact) mass is 451 g/mol. The molecule has 4 aromatic rings. The Hall–Kier alpha value is -3.84. The molecule has 1 amide bonds. The van der Waals surface area contributed by atoms with Gasteiger partial charge in [0.15, 0.2) is 5.82 Å². The minimum atomic E-state index is -0.0758. The van der Waals surface area contributed by atoms with E-state index in [1.54, 1.807) is 15.8 Å². The zero-order chi connectivity index (χ0) is 23.2. The lowest BCUT2D eigenvalue weighted by molar-refractivity contribution is -0.117. The normalized spacial score (nSPS) is 15.1. The highest BCUT2D eigenvalue weighted by atomic mass is 16.3. The lowest BCUT2D eigenvalue weighted by atomic mass is 10.0. The SMILES string of the molecule is Cc1cc(CO)n(-c2ccc(CN3C(=O)Cc4cnc(-c5ccccc5C5CC5)nc43)cc2)n1. The molecule has 0 unspecified atom stereocenters. The average Bonchev–Trinajstić information content (AvgIpc) is 3.57. The van der Waals surface area contributed by atoms with Crippen LogP contribution < -0.4 is 4.90 Å². The number of aliphatic hydroxyl groups excluding tert-OH is 1. The molecule has 2 aromatic carbocycles. The van der Waals surface area contributed by atoms with Crippen LogP contribution in [0.1, 0.15) is 46.8 Å². The number of nitrogens with zero attached hydrogens (tertiary/aromatic N) is 5. The summed E-state index contributed by atoms with van der Waals surface area (Å²) in [5.41, 5.74) is 6.69. The van der Waals surface area contributed by atoms with E-state index in [0.29, 0.717) is 30.5 Å². The Balaban J connectivity index is 1.29. The second kappa shape index (κ2) is 8.18. The molecule has 3 heterocycles. The summed E-state index contributed by atoms with van der Waals surface area (Å²) in [5, 5.41) is 14.1. The number of anilines is 1. The highest BCUT2D eigenvalue weighted by Crippen LogP contribution is 2.44. The summed E-state index contributed by atoms with van der Waals surface area (Å²) in [5.74, 6) is 2.01. The third-order valence-electron chi connectivity index (χ3n) is 6.55. The molecule has 2 aliphatic rings. The summed E-state index contributed by atoms with van der Waals surface area (Å²) >= 11 is 0. The van der Waals surface area contributed by atoms with Crippen LogP contribution in [-0.4, -0.2) is 30.8 Å². The number of aliphatic hydroxyl groups is 1. The van der Waals surface area contributed by atoms with Crippen molar-refractivity contribution in [1.29, 1.82) is 0 Å². The van der Waals surface area contributed by atoms with Gasteiger partial charge in [-0.2, -0.15) is 5.10 Å². The molecule has 0 atom stereocenters. The van der Waals surface area contributed by atoms with Crippen LogP contribution >= 0.6 is 0 Å². The van der Waals surface area contributed by atoms with Gasteiger partial charge in [0.05, 0.1) is 36.6 Å². The van der Waals surface area contributed by atoms with Crippen molar-refractivity contribution >= 4 is 11.7 Å². The fourth-order valence-corrected chi connectivity index (χ4v) is 4.69. The number of aromatic nitrogens is 4. The molecule has 1 fully saturated rings. The minimum absolute atomic E-state index is 0.0336. The lowest BCUT2D eigenvalue weighted by Crippen LogP contribution is -2.26. The Labute approximate surface area is 197 Å². The smallest absolute Gasteiger partial charge is 0.233 e. The molecule has 0 saturated heterocycles. The fraction of sp³-hybridized carbons (Fsp3) is 0.259. The van der Waals surface area contributed by atoms with Gasteiger partial charge in [0, 0.05) is 17.3 Å². The number of benzene rings is 2. The summed E-state index contributed by atoms with van der Waals surface area (Å²) in [6.07, 6.45) is 4.55. The third-order valence-corrected chi connectivity index (χ3v) is 6.55. The molecule has 1 saturated carbocycles. The van der Waals surface area contributed by atoms with Gasteiger partial charge in [-0.05, 0) is 55.0 Å². The number of hydrogen-bond acceptors (Lipinski definition) is 5. The van der Waals surface area contributed by atoms with Gasteiger partial charge in [0.2, 0.25) is 5.91 Å². The van der Waals surface area contributed by atoms with Crippen LogP contribution in [0.3, 0.4) is 0 Å². The predicted octanol–water partition coefficient (Wildman–Crippen LogP) is 4.10. The van der Waals surface area contributed by atoms with E-state index in [4.69, 9.17) is 4.98 Å². The van der Waals surface area contributed by atoms with Gasteiger partial charge in [-0.15, -0.1) is 0 Å². The molecule has 0 bridgehead atoms. The van der Waals surface area contributed by atoms with Crippen LogP contribution in [-0.2, 0) is 24.4 Å². The third kappa shape index (κ3) is 3.68. The summed E-state index contributed by atoms with van der Waals surface area (Å²) in [6.45, 7) is 2.27. The summed E-state index contributed by atoms with van der Waals surface area (Å²) in [6, 6.07) is 18.1. The first-order valence-corrected chi connectivity index (χ1v) is 11.6. The van der Waals surface area contributed by atoms with E-state index in [0.717, 1.165) is 33.8 Å². The number of fused-ring (bicyclic) bond motifs is 1. The number of carbonyl (C=O) groups is 1. The average molecular weight is 452 g/mol. The fourth-order valence-electron chi connectivity index (χ4n) is 4.69. The van der Waals surface area contributed by atoms with Gasteiger partial charge >= 0.3 is 0 Å². The maximum atomic E-state index is 12.9. The van der Waals surface area contributed by atoms with Crippen LogP contribution in [0.25, 0.3) is 17.1 Å². The molecule has 7 heteroatoms.